The molecular formula is C20H17FN2O5. The number of hydrogen-bond acceptors (Lipinski definition) is 5. The number of H-pyrrole nitrogens is 1. The lowest BCUT2D eigenvalue weighted by Crippen LogP contribution is -2.32. The van der Waals surface area contributed by atoms with Gasteiger partial charge in [0.15, 0.2) is 5.75 Å². The van der Waals surface area contributed by atoms with Gasteiger partial charge in [-0.3, -0.25) is 14.4 Å². The molecule has 0 radical (unpaired) electrons. The lowest BCUT2D eigenvalue weighted by atomic mass is 10.1. The Balaban J connectivity index is 2.25. The number of fused-ring (bicyclic) bond motifs is 1. The number of amides is 1. The number of esters is 1. The van der Waals surface area contributed by atoms with Gasteiger partial charge >= 0.3 is 5.97 Å². The summed E-state index contributed by atoms with van der Waals surface area (Å²) in [5.41, 5.74) is -0.378. The molecule has 0 saturated carbocycles. The van der Waals surface area contributed by atoms with Crippen molar-refractivity contribution in [2.45, 2.75) is 6.92 Å². The third-order valence-electron chi connectivity index (χ3n) is 4.15. The molecule has 3 rings (SSSR count). The number of aromatic nitrogens is 1. The number of pyridine rings is 1. The Morgan fingerprint density at radius 2 is 1.79 bits per heavy atom. The second-order valence-corrected chi connectivity index (χ2v) is 5.98. The van der Waals surface area contributed by atoms with Gasteiger partial charge < -0.3 is 19.4 Å². The largest absolute Gasteiger partial charge is 0.496 e. The van der Waals surface area contributed by atoms with Gasteiger partial charge in [0, 0.05) is 19.7 Å². The molecule has 1 N–H and O–H groups in total. The fourth-order valence-corrected chi connectivity index (χ4v) is 2.84. The molecule has 144 valence electrons. The normalized spacial score (nSPS) is 10.6. The topological polar surface area (TPSA) is 88.7 Å². The van der Waals surface area contributed by atoms with E-state index in [9.17, 15) is 18.8 Å². The summed E-state index contributed by atoms with van der Waals surface area (Å²) in [7, 11) is 2.85. The number of carbonyl (C=O) groups excluding carboxylic acids is 2. The van der Waals surface area contributed by atoms with E-state index in [2.05, 4.69) is 4.98 Å². The van der Waals surface area contributed by atoms with Crippen molar-refractivity contribution in [1.29, 1.82) is 0 Å². The second kappa shape index (κ2) is 7.51. The summed E-state index contributed by atoms with van der Waals surface area (Å²) >= 11 is 0. The van der Waals surface area contributed by atoms with Gasteiger partial charge in [-0.15, -0.1) is 0 Å². The van der Waals surface area contributed by atoms with E-state index in [1.54, 1.807) is 18.2 Å². The summed E-state index contributed by atoms with van der Waals surface area (Å²) in [5, 5.41) is 0.288. The first-order chi connectivity index (χ1) is 13.3. The first kappa shape index (κ1) is 19.1. The van der Waals surface area contributed by atoms with Crippen LogP contribution in [0, 0.1) is 5.82 Å². The van der Waals surface area contributed by atoms with E-state index in [0.29, 0.717) is 17.0 Å². The van der Waals surface area contributed by atoms with E-state index >= 15 is 0 Å². The van der Waals surface area contributed by atoms with Gasteiger partial charge in [-0.25, -0.2) is 4.39 Å². The number of hydrogen-bond donors (Lipinski definition) is 1. The Bertz CT molecular complexity index is 1120. The maximum absolute atomic E-state index is 13.2. The number of aromatic amines is 1. The molecule has 0 atom stereocenters. The summed E-state index contributed by atoms with van der Waals surface area (Å²) in [6.45, 7) is 1.17. The van der Waals surface area contributed by atoms with Crippen LogP contribution < -0.4 is 19.9 Å². The van der Waals surface area contributed by atoms with Crippen molar-refractivity contribution in [3.8, 4) is 11.5 Å². The number of methoxy groups -OCH3 is 1. The van der Waals surface area contributed by atoms with Gasteiger partial charge in [-0.2, -0.15) is 0 Å². The van der Waals surface area contributed by atoms with Gasteiger partial charge in [0.2, 0.25) is 0 Å². The first-order valence-corrected chi connectivity index (χ1v) is 8.28. The molecule has 0 aliphatic carbocycles. The second-order valence-electron chi connectivity index (χ2n) is 5.98. The van der Waals surface area contributed by atoms with Crippen LogP contribution in [0.1, 0.15) is 17.3 Å². The number of carbonyl (C=O) groups is 2. The van der Waals surface area contributed by atoms with Crippen LogP contribution in [0.25, 0.3) is 10.9 Å². The van der Waals surface area contributed by atoms with Gasteiger partial charge in [0.25, 0.3) is 11.5 Å². The third kappa shape index (κ3) is 3.44. The Labute approximate surface area is 159 Å². The molecule has 1 aromatic heterocycles. The van der Waals surface area contributed by atoms with Crippen LogP contribution in [-0.2, 0) is 4.79 Å². The highest BCUT2D eigenvalue weighted by molar-refractivity contribution is 6.11. The number of halogens is 1. The maximum atomic E-state index is 13.2. The molecule has 0 fully saturated rings. The first-order valence-electron chi connectivity index (χ1n) is 8.28. The van der Waals surface area contributed by atoms with Crippen LogP contribution in [0.4, 0.5) is 10.1 Å². The summed E-state index contributed by atoms with van der Waals surface area (Å²) in [6.07, 6.45) is 0. The summed E-state index contributed by atoms with van der Waals surface area (Å²) in [4.78, 5) is 41.2. The summed E-state index contributed by atoms with van der Waals surface area (Å²) < 4.78 is 23.7. The van der Waals surface area contributed by atoms with E-state index in [1.807, 2.05) is 0 Å². The highest BCUT2D eigenvalue weighted by atomic mass is 19.1. The minimum Gasteiger partial charge on any atom is -0.496 e. The lowest BCUT2D eigenvalue weighted by Gasteiger charge is -2.19. The molecule has 8 heteroatoms. The highest BCUT2D eigenvalue weighted by Crippen LogP contribution is 2.35. The average Bonchev–Trinajstić information content (AvgIpc) is 2.66. The zero-order valence-corrected chi connectivity index (χ0v) is 15.4. The van der Waals surface area contributed by atoms with Crippen molar-refractivity contribution in [3.63, 3.8) is 0 Å². The zero-order chi connectivity index (χ0) is 20.4. The molecular weight excluding hydrogens is 367 g/mol. The highest BCUT2D eigenvalue weighted by Gasteiger charge is 2.27. The molecule has 7 nitrogen and oxygen atoms in total. The lowest BCUT2D eigenvalue weighted by molar-refractivity contribution is -0.131. The fourth-order valence-electron chi connectivity index (χ4n) is 2.84. The van der Waals surface area contributed by atoms with Crippen molar-refractivity contribution in [1.82, 2.24) is 4.98 Å². The van der Waals surface area contributed by atoms with Gasteiger partial charge in [-0.05, 0) is 36.4 Å². The number of benzene rings is 2. The molecule has 2 aromatic carbocycles. The number of nitrogens with zero attached hydrogens (tertiary/aromatic N) is 1. The Kier molecular flexibility index (Phi) is 5.12. The van der Waals surface area contributed by atoms with Crippen LogP contribution in [0.3, 0.4) is 0 Å². The monoisotopic (exact) mass is 384 g/mol. The quantitative estimate of drug-likeness (QED) is 0.699. The zero-order valence-electron chi connectivity index (χ0n) is 15.4. The van der Waals surface area contributed by atoms with Crippen LogP contribution in [0.15, 0.2) is 47.3 Å². The van der Waals surface area contributed by atoms with Crippen molar-refractivity contribution in [3.05, 3.63) is 64.2 Å². The fraction of sp³-hybridized carbons (Fsp3) is 0.150. The van der Waals surface area contributed by atoms with Crippen molar-refractivity contribution in [2.24, 2.45) is 0 Å². The molecule has 1 amide bonds. The Morgan fingerprint density at radius 3 is 2.39 bits per heavy atom. The molecule has 0 aliphatic heterocycles. The van der Waals surface area contributed by atoms with E-state index in [1.165, 1.54) is 45.3 Å². The Hall–Kier alpha value is -3.68. The molecule has 0 spiro atoms. The molecule has 0 bridgehead atoms. The average molecular weight is 384 g/mol. The minimum atomic E-state index is -0.726. The molecule has 1 heterocycles. The molecule has 0 aliphatic rings. The van der Waals surface area contributed by atoms with Crippen LogP contribution in [-0.4, -0.2) is 31.0 Å². The van der Waals surface area contributed by atoms with Crippen LogP contribution in [0.2, 0.25) is 0 Å². The van der Waals surface area contributed by atoms with Crippen molar-refractivity contribution >= 4 is 28.5 Å². The predicted octanol–water partition coefficient (Wildman–Crippen LogP) is 2.88. The standard InChI is InChI=1S/C20H17FN2O5/c1-11(24)28-18-16-14(5-4-6-15(16)27-3)22-19(25)17(18)20(26)23(2)13-9-7-12(21)8-10-13/h4-10H,1-3H3,(H,22,25). The van der Waals surface area contributed by atoms with Gasteiger partial charge in [0.1, 0.15) is 17.1 Å². The van der Waals surface area contributed by atoms with Crippen LogP contribution >= 0.6 is 0 Å². The van der Waals surface area contributed by atoms with E-state index in [0.717, 1.165) is 4.90 Å². The molecule has 0 saturated heterocycles. The van der Waals surface area contributed by atoms with Gasteiger partial charge in [-0.1, -0.05) is 6.07 Å². The number of rotatable bonds is 4. The minimum absolute atomic E-state index is 0.192. The number of anilines is 1. The van der Waals surface area contributed by atoms with Crippen molar-refractivity contribution in [2.75, 3.05) is 19.1 Å². The number of nitrogens with one attached hydrogen (secondary N) is 1. The predicted molar refractivity (Wildman–Crippen MR) is 102 cm³/mol. The number of ether oxygens (including phenoxy) is 2. The van der Waals surface area contributed by atoms with E-state index in [4.69, 9.17) is 9.47 Å². The molecule has 3 aromatic rings. The Morgan fingerprint density at radius 1 is 1.11 bits per heavy atom. The molecule has 28 heavy (non-hydrogen) atoms. The van der Waals surface area contributed by atoms with E-state index < -0.39 is 23.3 Å². The smallest absolute Gasteiger partial charge is 0.308 e. The van der Waals surface area contributed by atoms with Crippen molar-refractivity contribution < 1.29 is 23.5 Å². The molecule has 0 unspecified atom stereocenters. The maximum Gasteiger partial charge on any atom is 0.308 e. The third-order valence-corrected chi connectivity index (χ3v) is 4.15. The van der Waals surface area contributed by atoms with E-state index in [-0.39, 0.29) is 16.7 Å². The summed E-state index contributed by atoms with van der Waals surface area (Å²) in [5.74, 6) is -1.75. The van der Waals surface area contributed by atoms with Crippen LogP contribution in [0.5, 0.6) is 11.5 Å². The summed E-state index contributed by atoms with van der Waals surface area (Å²) in [6, 6.07) is 10.1. The van der Waals surface area contributed by atoms with Gasteiger partial charge in [0.05, 0.1) is 18.0 Å². The SMILES string of the molecule is COc1cccc2[nH]c(=O)c(C(=O)N(C)c3ccc(F)cc3)c(OC(C)=O)c12.